The second-order valence-corrected chi connectivity index (χ2v) is 6.51. The Morgan fingerprint density at radius 1 is 1.18 bits per heavy atom. The Bertz CT molecular complexity index is 753. The van der Waals surface area contributed by atoms with Crippen molar-refractivity contribution in [3.05, 3.63) is 52.5 Å². The van der Waals surface area contributed by atoms with E-state index < -0.39 is 0 Å². The van der Waals surface area contributed by atoms with E-state index >= 15 is 0 Å². The van der Waals surface area contributed by atoms with Crippen molar-refractivity contribution in [2.75, 3.05) is 13.1 Å². The summed E-state index contributed by atoms with van der Waals surface area (Å²) in [5.41, 5.74) is 1.75. The van der Waals surface area contributed by atoms with Gasteiger partial charge < -0.3 is 9.32 Å². The summed E-state index contributed by atoms with van der Waals surface area (Å²) in [6.45, 7) is 1.53. The lowest BCUT2D eigenvalue weighted by Gasteiger charge is -2.30. The maximum absolute atomic E-state index is 12.3. The van der Waals surface area contributed by atoms with E-state index in [0.717, 1.165) is 47.8 Å². The molecule has 0 atom stereocenters. The van der Waals surface area contributed by atoms with E-state index in [-0.39, 0.29) is 5.91 Å². The van der Waals surface area contributed by atoms with Gasteiger partial charge in [0.25, 0.3) is 5.91 Å². The second-order valence-electron chi connectivity index (χ2n) is 5.56. The van der Waals surface area contributed by atoms with Crippen LogP contribution in [-0.2, 0) is 0 Å². The zero-order chi connectivity index (χ0) is 14.9. The molecule has 2 aromatic heterocycles. The van der Waals surface area contributed by atoms with Crippen LogP contribution < -0.4 is 0 Å². The lowest BCUT2D eigenvalue weighted by atomic mass is 9.96. The van der Waals surface area contributed by atoms with Gasteiger partial charge in [0.05, 0.1) is 4.88 Å². The first-order valence-electron chi connectivity index (χ1n) is 7.49. The molecule has 4 rings (SSSR count). The standard InChI is InChI=1S/C17H16N2O2S/c20-17(15-6-3-11-22-15)19-9-7-12(8-10-19)16-18-13-4-1-2-5-14(13)21-16/h1-6,11-12H,7-10H2. The molecule has 3 heterocycles. The number of benzene rings is 1. The molecular weight excluding hydrogens is 296 g/mol. The fourth-order valence-electron chi connectivity index (χ4n) is 2.95. The van der Waals surface area contributed by atoms with Crippen molar-refractivity contribution < 1.29 is 9.21 Å². The van der Waals surface area contributed by atoms with Gasteiger partial charge in [0.1, 0.15) is 5.52 Å². The van der Waals surface area contributed by atoms with E-state index in [0.29, 0.717) is 5.92 Å². The number of hydrogen-bond acceptors (Lipinski definition) is 4. The summed E-state index contributed by atoms with van der Waals surface area (Å²) in [6, 6.07) is 11.7. The van der Waals surface area contributed by atoms with Gasteiger partial charge in [-0.15, -0.1) is 11.3 Å². The van der Waals surface area contributed by atoms with Gasteiger partial charge in [-0.25, -0.2) is 4.98 Å². The Morgan fingerprint density at radius 2 is 2.00 bits per heavy atom. The number of para-hydroxylation sites is 2. The number of oxazole rings is 1. The number of piperidine rings is 1. The van der Waals surface area contributed by atoms with Crippen LogP contribution in [0.5, 0.6) is 0 Å². The molecule has 0 unspecified atom stereocenters. The van der Waals surface area contributed by atoms with Crippen LogP contribution in [0, 0.1) is 0 Å². The fourth-order valence-corrected chi connectivity index (χ4v) is 3.64. The van der Waals surface area contributed by atoms with Gasteiger partial charge in [-0.1, -0.05) is 18.2 Å². The van der Waals surface area contributed by atoms with E-state index in [1.165, 1.54) is 11.3 Å². The molecule has 0 aliphatic carbocycles. The van der Waals surface area contributed by atoms with Crippen LogP contribution in [-0.4, -0.2) is 28.9 Å². The van der Waals surface area contributed by atoms with Crippen molar-refractivity contribution in [3.8, 4) is 0 Å². The first-order valence-corrected chi connectivity index (χ1v) is 8.37. The zero-order valence-electron chi connectivity index (χ0n) is 12.1. The van der Waals surface area contributed by atoms with E-state index in [1.807, 2.05) is 46.7 Å². The minimum Gasteiger partial charge on any atom is -0.440 e. The maximum Gasteiger partial charge on any atom is 0.263 e. The van der Waals surface area contributed by atoms with Crippen LogP contribution in [0.4, 0.5) is 0 Å². The lowest BCUT2D eigenvalue weighted by molar-refractivity contribution is 0.0711. The Balaban J connectivity index is 1.46. The minimum absolute atomic E-state index is 0.144. The molecule has 0 spiro atoms. The van der Waals surface area contributed by atoms with E-state index in [9.17, 15) is 4.79 Å². The molecule has 1 fully saturated rings. The van der Waals surface area contributed by atoms with Crippen molar-refractivity contribution in [2.45, 2.75) is 18.8 Å². The molecule has 4 nitrogen and oxygen atoms in total. The molecule has 1 aliphatic rings. The van der Waals surface area contributed by atoms with Gasteiger partial charge in [0, 0.05) is 19.0 Å². The molecule has 1 amide bonds. The Hall–Kier alpha value is -2.14. The predicted octanol–water partition coefficient (Wildman–Crippen LogP) is 3.91. The fraction of sp³-hybridized carbons (Fsp3) is 0.294. The largest absolute Gasteiger partial charge is 0.440 e. The molecule has 112 valence electrons. The first-order chi connectivity index (χ1) is 10.8. The van der Waals surface area contributed by atoms with E-state index in [4.69, 9.17) is 4.42 Å². The number of nitrogens with zero attached hydrogens (tertiary/aromatic N) is 2. The van der Waals surface area contributed by atoms with Gasteiger partial charge in [0.15, 0.2) is 11.5 Å². The summed E-state index contributed by atoms with van der Waals surface area (Å²) in [5, 5.41) is 1.94. The van der Waals surface area contributed by atoms with Gasteiger partial charge >= 0.3 is 0 Å². The first kappa shape index (κ1) is 13.5. The number of likely N-dealkylation sites (tertiary alicyclic amines) is 1. The van der Waals surface area contributed by atoms with Crippen LogP contribution in [0.2, 0.25) is 0 Å². The molecule has 5 heteroatoms. The highest BCUT2D eigenvalue weighted by molar-refractivity contribution is 7.12. The summed E-state index contributed by atoms with van der Waals surface area (Å²) in [6.07, 6.45) is 1.81. The average molecular weight is 312 g/mol. The van der Waals surface area contributed by atoms with Crippen LogP contribution in [0.1, 0.15) is 34.3 Å². The van der Waals surface area contributed by atoms with Gasteiger partial charge in [0.2, 0.25) is 0 Å². The smallest absolute Gasteiger partial charge is 0.263 e. The van der Waals surface area contributed by atoms with Gasteiger partial charge in [-0.3, -0.25) is 4.79 Å². The van der Waals surface area contributed by atoms with Gasteiger partial charge in [-0.2, -0.15) is 0 Å². The summed E-state index contributed by atoms with van der Waals surface area (Å²) in [7, 11) is 0. The average Bonchev–Trinajstić information content (AvgIpc) is 3.23. The van der Waals surface area contributed by atoms with Crippen LogP contribution >= 0.6 is 11.3 Å². The molecule has 1 aliphatic heterocycles. The molecule has 0 saturated carbocycles. The third-order valence-electron chi connectivity index (χ3n) is 4.17. The number of carbonyl (C=O) groups is 1. The van der Waals surface area contributed by atoms with Crippen LogP contribution in [0.25, 0.3) is 11.1 Å². The van der Waals surface area contributed by atoms with Crippen molar-refractivity contribution in [3.63, 3.8) is 0 Å². The van der Waals surface area contributed by atoms with E-state index in [1.54, 1.807) is 0 Å². The predicted molar refractivity (Wildman–Crippen MR) is 86.2 cm³/mol. The molecule has 3 aromatic rings. The summed E-state index contributed by atoms with van der Waals surface area (Å²) >= 11 is 1.50. The number of amides is 1. The van der Waals surface area contributed by atoms with Crippen molar-refractivity contribution in [1.29, 1.82) is 0 Å². The summed E-state index contributed by atoms with van der Waals surface area (Å²) < 4.78 is 5.86. The third kappa shape index (κ3) is 2.41. The summed E-state index contributed by atoms with van der Waals surface area (Å²) in [5.74, 6) is 1.26. The molecule has 1 aromatic carbocycles. The number of fused-ring (bicyclic) bond motifs is 1. The molecule has 1 saturated heterocycles. The van der Waals surface area contributed by atoms with Crippen molar-refractivity contribution in [2.24, 2.45) is 0 Å². The number of rotatable bonds is 2. The van der Waals surface area contributed by atoms with Crippen molar-refractivity contribution >= 4 is 28.3 Å². The lowest BCUT2D eigenvalue weighted by Crippen LogP contribution is -2.37. The number of carbonyl (C=O) groups excluding carboxylic acids is 1. The quantitative estimate of drug-likeness (QED) is 0.721. The molecule has 22 heavy (non-hydrogen) atoms. The maximum atomic E-state index is 12.3. The topological polar surface area (TPSA) is 46.3 Å². The highest BCUT2D eigenvalue weighted by Crippen LogP contribution is 2.30. The number of hydrogen-bond donors (Lipinski definition) is 0. The van der Waals surface area contributed by atoms with Crippen LogP contribution in [0.3, 0.4) is 0 Å². The van der Waals surface area contributed by atoms with Crippen molar-refractivity contribution in [1.82, 2.24) is 9.88 Å². The highest BCUT2D eigenvalue weighted by atomic mass is 32.1. The molecule has 0 bridgehead atoms. The molecule has 0 radical (unpaired) electrons. The number of aromatic nitrogens is 1. The Labute approximate surface area is 132 Å². The van der Waals surface area contributed by atoms with Crippen LogP contribution in [0.15, 0.2) is 46.2 Å². The molecular formula is C17H16N2O2S. The number of thiophene rings is 1. The zero-order valence-corrected chi connectivity index (χ0v) is 12.9. The molecule has 0 N–H and O–H groups in total. The Kier molecular flexibility index (Phi) is 3.42. The second kappa shape index (κ2) is 5.57. The third-order valence-corrected chi connectivity index (χ3v) is 5.03. The van der Waals surface area contributed by atoms with Gasteiger partial charge in [-0.05, 0) is 36.4 Å². The SMILES string of the molecule is O=C(c1cccs1)N1CCC(c2nc3ccccc3o2)CC1. The monoisotopic (exact) mass is 312 g/mol. The Morgan fingerprint density at radius 3 is 2.73 bits per heavy atom. The summed E-state index contributed by atoms with van der Waals surface area (Å²) in [4.78, 5) is 19.7. The highest BCUT2D eigenvalue weighted by Gasteiger charge is 2.27. The van der Waals surface area contributed by atoms with E-state index in [2.05, 4.69) is 4.98 Å². The minimum atomic E-state index is 0.144. The normalized spacial score (nSPS) is 16.3.